The van der Waals surface area contributed by atoms with Crippen molar-refractivity contribution in [1.29, 1.82) is 0 Å². The van der Waals surface area contributed by atoms with Crippen molar-refractivity contribution in [2.24, 2.45) is 5.92 Å². The molecule has 1 fully saturated rings. The number of piperazine rings is 1. The summed E-state index contributed by atoms with van der Waals surface area (Å²) in [6, 6.07) is 4.91. The molecule has 29 heavy (non-hydrogen) atoms. The highest BCUT2D eigenvalue weighted by molar-refractivity contribution is 9.10. The van der Waals surface area contributed by atoms with Gasteiger partial charge in [-0.15, -0.1) is 11.8 Å². The lowest BCUT2D eigenvalue weighted by molar-refractivity contribution is -0.141. The monoisotopic (exact) mass is 492 g/mol. The van der Waals surface area contributed by atoms with Crippen molar-refractivity contribution in [2.45, 2.75) is 31.0 Å². The van der Waals surface area contributed by atoms with E-state index in [-0.39, 0.29) is 28.2 Å². The first-order valence-electron chi connectivity index (χ1n) is 9.06. The summed E-state index contributed by atoms with van der Waals surface area (Å²) in [7, 11) is 0. The van der Waals surface area contributed by atoms with Gasteiger partial charge in [0.1, 0.15) is 5.82 Å². The molecule has 1 aliphatic heterocycles. The van der Waals surface area contributed by atoms with Gasteiger partial charge in [-0.2, -0.15) is 13.2 Å². The van der Waals surface area contributed by atoms with Crippen LogP contribution in [0.15, 0.2) is 33.8 Å². The molecule has 1 aromatic carbocycles. The second-order valence-electron chi connectivity index (χ2n) is 7.13. The normalized spacial score (nSPS) is 17.9. The van der Waals surface area contributed by atoms with E-state index < -0.39 is 11.9 Å². The van der Waals surface area contributed by atoms with Crippen molar-refractivity contribution in [1.82, 2.24) is 9.97 Å². The number of thioether (sulfide) groups is 1. The predicted octanol–water partition coefficient (Wildman–Crippen LogP) is 5.47. The number of rotatable bonds is 4. The molecule has 1 unspecified atom stereocenters. The average Bonchev–Trinajstić information content (AvgIpc) is 2.67. The van der Waals surface area contributed by atoms with E-state index in [2.05, 4.69) is 30.8 Å². The maximum atomic E-state index is 13.8. The molecule has 0 spiro atoms. The number of hydrogen-bond donors (Lipinski definition) is 0. The maximum Gasteiger partial charge on any atom is 0.434 e. The molecule has 0 radical (unpaired) electrons. The van der Waals surface area contributed by atoms with Crippen LogP contribution in [0.25, 0.3) is 0 Å². The molecule has 4 nitrogen and oxygen atoms in total. The summed E-state index contributed by atoms with van der Waals surface area (Å²) in [5.74, 6) is -0.0362. The first kappa shape index (κ1) is 22.1. The second-order valence-corrected chi connectivity index (χ2v) is 8.84. The minimum absolute atomic E-state index is 0.0720. The van der Waals surface area contributed by atoms with Gasteiger partial charge in [0, 0.05) is 36.4 Å². The highest BCUT2D eigenvalue weighted by Gasteiger charge is 2.38. The highest BCUT2D eigenvalue weighted by Crippen LogP contribution is 2.35. The number of benzene rings is 1. The van der Waals surface area contributed by atoms with Gasteiger partial charge in [0.15, 0.2) is 5.69 Å². The van der Waals surface area contributed by atoms with E-state index in [0.717, 1.165) is 11.9 Å². The maximum absolute atomic E-state index is 13.8. The Morgan fingerprint density at radius 2 is 1.97 bits per heavy atom. The zero-order valence-corrected chi connectivity index (χ0v) is 18.6. The third kappa shape index (κ3) is 4.79. The van der Waals surface area contributed by atoms with Gasteiger partial charge in [-0.1, -0.05) is 13.8 Å². The fraction of sp³-hybridized carbons (Fsp3) is 0.474. The van der Waals surface area contributed by atoms with Gasteiger partial charge in [-0.05, 0) is 46.3 Å². The largest absolute Gasteiger partial charge is 0.434 e. The minimum Gasteiger partial charge on any atom is -0.368 e. The zero-order valence-electron chi connectivity index (χ0n) is 16.2. The molecule has 0 N–H and O–H groups in total. The number of aromatic nitrogens is 2. The molecule has 1 aromatic heterocycles. The summed E-state index contributed by atoms with van der Waals surface area (Å²) in [4.78, 5) is 12.5. The lowest BCUT2D eigenvalue weighted by Crippen LogP contribution is -2.56. The van der Waals surface area contributed by atoms with E-state index in [1.54, 1.807) is 6.07 Å². The van der Waals surface area contributed by atoms with E-state index in [4.69, 9.17) is 0 Å². The Morgan fingerprint density at radius 1 is 1.24 bits per heavy atom. The number of hydrogen-bond acceptors (Lipinski definition) is 5. The number of nitrogens with zero attached hydrogens (tertiary/aromatic N) is 4. The van der Waals surface area contributed by atoms with E-state index in [9.17, 15) is 17.6 Å². The van der Waals surface area contributed by atoms with Crippen molar-refractivity contribution < 1.29 is 17.6 Å². The van der Waals surface area contributed by atoms with Crippen LogP contribution in [0.1, 0.15) is 19.5 Å². The van der Waals surface area contributed by atoms with Crippen LogP contribution in [0.4, 0.5) is 29.2 Å². The van der Waals surface area contributed by atoms with Crippen LogP contribution in [0.2, 0.25) is 0 Å². The van der Waals surface area contributed by atoms with Crippen LogP contribution in [-0.2, 0) is 6.18 Å². The third-order valence-electron chi connectivity index (χ3n) is 4.94. The lowest BCUT2D eigenvalue weighted by Gasteiger charge is -2.44. The van der Waals surface area contributed by atoms with Crippen molar-refractivity contribution in [3.05, 3.63) is 40.4 Å². The molecule has 10 heteroatoms. The average molecular weight is 493 g/mol. The van der Waals surface area contributed by atoms with Crippen LogP contribution in [0.5, 0.6) is 0 Å². The summed E-state index contributed by atoms with van der Waals surface area (Å²) in [5, 5.41) is 0. The van der Waals surface area contributed by atoms with Crippen LogP contribution in [-0.4, -0.2) is 41.9 Å². The molecule has 1 atom stereocenters. The van der Waals surface area contributed by atoms with E-state index in [1.807, 2.05) is 31.1 Å². The molecule has 0 saturated carbocycles. The quantitative estimate of drug-likeness (QED) is 0.417. The molecule has 158 valence electrons. The Morgan fingerprint density at radius 3 is 2.59 bits per heavy atom. The molecule has 0 bridgehead atoms. The fourth-order valence-electron chi connectivity index (χ4n) is 3.40. The molecule has 3 rings (SSSR count). The van der Waals surface area contributed by atoms with Gasteiger partial charge in [-0.3, -0.25) is 0 Å². The van der Waals surface area contributed by atoms with Crippen LogP contribution < -0.4 is 9.80 Å². The summed E-state index contributed by atoms with van der Waals surface area (Å²) in [6.07, 6.45) is -1.59. The zero-order chi connectivity index (χ0) is 21.3. The summed E-state index contributed by atoms with van der Waals surface area (Å²) in [5.41, 5.74) is -0.0793. The van der Waals surface area contributed by atoms with Gasteiger partial charge < -0.3 is 9.80 Å². The molecular formula is C19H21BrF4N4S. The smallest absolute Gasteiger partial charge is 0.368 e. The Kier molecular flexibility index (Phi) is 6.62. The molecular weight excluding hydrogens is 472 g/mol. The van der Waals surface area contributed by atoms with Gasteiger partial charge in [0.2, 0.25) is 5.95 Å². The van der Waals surface area contributed by atoms with Gasteiger partial charge in [-0.25, -0.2) is 14.4 Å². The standard InChI is InChI=1S/C19H21BrF4N4S/c1-11(2)15-10-27(12-4-5-14(21)16(8-12)29-3)6-7-28(15)18-25-9-13(20)17(26-18)19(22,23)24/h4-5,8-9,11,15H,6-7,10H2,1-3H3. The summed E-state index contributed by atoms with van der Waals surface area (Å²) < 4.78 is 53.4. The van der Waals surface area contributed by atoms with Crippen molar-refractivity contribution in [2.75, 3.05) is 35.7 Å². The van der Waals surface area contributed by atoms with E-state index in [1.165, 1.54) is 17.8 Å². The van der Waals surface area contributed by atoms with E-state index >= 15 is 0 Å². The Balaban J connectivity index is 1.89. The van der Waals surface area contributed by atoms with Crippen LogP contribution in [0.3, 0.4) is 0 Å². The Hall–Kier alpha value is -1.55. The van der Waals surface area contributed by atoms with Crippen molar-refractivity contribution in [3.8, 4) is 0 Å². The number of alkyl halides is 3. The van der Waals surface area contributed by atoms with Gasteiger partial charge in [0.25, 0.3) is 0 Å². The molecule has 2 aromatic rings. The van der Waals surface area contributed by atoms with Crippen molar-refractivity contribution in [3.63, 3.8) is 0 Å². The lowest BCUT2D eigenvalue weighted by atomic mass is 9.99. The molecule has 0 aliphatic carbocycles. The fourth-order valence-corrected chi connectivity index (χ4v) is 4.32. The van der Waals surface area contributed by atoms with Crippen LogP contribution in [0, 0.1) is 11.7 Å². The van der Waals surface area contributed by atoms with Gasteiger partial charge >= 0.3 is 6.18 Å². The first-order valence-corrected chi connectivity index (χ1v) is 11.1. The van der Waals surface area contributed by atoms with Gasteiger partial charge in [0.05, 0.1) is 10.5 Å². The highest BCUT2D eigenvalue weighted by atomic mass is 79.9. The SMILES string of the molecule is CSc1cc(N2CCN(c3ncc(Br)c(C(F)(F)F)n3)C(C(C)C)C2)ccc1F. The number of halogens is 5. The topological polar surface area (TPSA) is 32.3 Å². The van der Waals surface area contributed by atoms with Crippen molar-refractivity contribution >= 4 is 39.3 Å². The number of anilines is 2. The Bertz CT molecular complexity index is 878. The predicted molar refractivity (Wildman–Crippen MR) is 111 cm³/mol. The first-order chi connectivity index (χ1) is 13.6. The summed E-state index contributed by atoms with van der Waals surface area (Å²) in [6.45, 7) is 5.65. The minimum atomic E-state index is -4.56. The summed E-state index contributed by atoms with van der Waals surface area (Å²) >= 11 is 4.23. The Labute approximate surface area is 179 Å². The second kappa shape index (κ2) is 8.67. The molecule has 1 saturated heterocycles. The van der Waals surface area contributed by atoms with Crippen LogP contribution >= 0.6 is 27.7 Å². The molecule has 1 aliphatic rings. The third-order valence-corrected chi connectivity index (χ3v) is 6.28. The van der Waals surface area contributed by atoms with E-state index in [0.29, 0.717) is 24.5 Å². The molecule has 2 heterocycles. The molecule has 0 amide bonds.